The van der Waals surface area contributed by atoms with Crippen LogP contribution in [0.1, 0.15) is 5.56 Å². The standard InChI is InChI=1S/C19H15ClN2O4S/c1-25-14-7-11(8-15(10-14)26-2)9-16-17(23)21-19(27)22(18(16)24)13-5-3-12(20)4-6-13/h3-10H,1-2H3,(H,21,23,27)/b16-9-. The van der Waals surface area contributed by atoms with Gasteiger partial charge in [0.25, 0.3) is 11.8 Å². The molecular weight excluding hydrogens is 388 g/mol. The van der Waals surface area contributed by atoms with Crippen LogP contribution >= 0.6 is 23.8 Å². The predicted octanol–water partition coefficient (Wildman–Crippen LogP) is 3.19. The summed E-state index contributed by atoms with van der Waals surface area (Å²) in [5.74, 6) is -0.0326. The van der Waals surface area contributed by atoms with E-state index in [0.717, 1.165) is 0 Å². The Morgan fingerprint density at radius 1 is 1.04 bits per heavy atom. The summed E-state index contributed by atoms with van der Waals surface area (Å²) in [7, 11) is 3.04. The van der Waals surface area contributed by atoms with Gasteiger partial charge in [-0.05, 0) is 60.3 Å². The minimum Gasteiger partial charge on any atom is -0.497 e. The van der Waals surface area contributed by atoms with Gasteiger partial charge in [0, 0.05) is 11.1 Å². The van der Waals surface area contributed by atoms with Gasteiger partial charge in [-0.1, -0.05) is 11.6 Å². The fourth-order valence-electron chi connectivity index (χ4n) is 2.56. The summed E-state index contributed by atoms with van der Waals surface area (Å²) in [4.78, 5) is 26.6. The molecule has 0 atom stereocenters. The lowest BCUT2D eigenvalue weighted by atomic mass is 10.1. The van der Waals surface area contributed by atoms with Crippen LogP contribution in [-0.2, 0) is 9.59 Å². The molecule has 2 aromatic carbocycles. The van der Waals surface area contributed by atoms with Crippen molar-refractivity contribution >= 4 is 52.5 Å². The lowest BCUT2D eigenvalue weighted by Crippen LogP contribution is -2.54. The molecule has 2 aromatic rings. The van der Waals surface area contributed by atoms with Gasteiger partial charge in [-0.3, -0.25) is 19.8 Å². The molecule has 1 heterocycles. The molecule has 0 radical (unpaired) electrons. The maximum Gasteiger partial charge on any atom is 0.270 e. The Morgan fingerprint density at radius 3 is 2.19 bits per heavy atom. The Morgan fingerprint density at radius 2 is 1.63 bits per heavy atom. The Bertz CT molecular complexity index is 934. The van der Waals surface area contributed by atoms with E-state index >= 15 is 0 Å². The van der Waals surface area contributed by atoms with Crippen molar-refractivity contribution in [3.63, 3.8) is 0 Å². The van der Waals surface area contributed by atoms with Crippen LogP contribution in [0.4, 0.5) is 5.69 Å². The maximum absolute atomic E-state index is 13.0. The van der Waals surface area contributed by atoms with Gasteiger partial charge in [0.15, 0.2) is 5.11 Å². The van der Waals surface area contributed by atoms with Crippen molar-refractivity contribution in [2.24, 2.45) is 0 Å². The van der Waals surface area contributed by atoms with Crippen LogP contribution < -0.4 is 19.7 Å². The SMILES string of the molecule is COc1cc(/C=C2/C(=O)NC(=S)N(c3ccc(Cl)cc3)C2=O)cc(OC)c1. The highest BCUT2D eigenvalue weighted by atomic mass is 35.5. The van der Waals surface area contributed by atoms with E-state index in [4.69, 9.17) is 33.3 Å². The number of amides is 2. The molecule has 3 rings (SSSR count). The van der Waals surface area contributed by atoms with Crippen LogP contribution in [0.15, 0.2) is 48.0 Å². The molecule has 1 saturated heterocycles. The number of rotatable bonds is 4. The zero-order valence-electron chi connectivity index (χ0n) is 14.5. The third-order valence-corrected chi connectivity index (χ3v) is 4.41. The molecule has 0 aliphatic carbocycles. The zero-order valence-corrected chi connectivity index (χ0v) is 16.1. The first-order valence-electron chi connectivity index (χ1n) is 7.83. The molecule has 1 aliphatic heterocycles. The van der Waals surface area contributed by atoms with E-state index in [-0.39, 0.29) is 10.7 Å². The number of anilines is 1. The Hall–Kier alpha value is -2.90. The summed E-state index contributed by atoms with van der Waals surface area (Å²) in [6, 6.07) is 11.6. The van der Waals surface area contributed by atoms with Gasteiger partial charge in [-0.2, -0.15) is 0 Å². The average molecular weight is 403 g/mol. The average Bonchev–Trinajstić information content (AvgIpc) is 2.66. The van der Waals surface area contributed by atoms with E-state index in [1.807, 2.05) is 0 Å². The molecule has 1 fully saturated rings. The number of hydrogen-bond donors (Lipinski definition) is 1. The van der Waals surface area contributed by atoms with E-state index < -0.39 is 11.8 Å². The molecule has 138 valence electrons. The topological polar surface area (TPSA) is 67.9 Å². The smallest absolute Gasteiger partial charge is 0.270 e. The predicted molar refractivity (Wildman–Crippen MR) is 107 cm³/mol. The number of methoxy groups -OCH3 is 2. The van der Waals surface area contributed by atoms with Crippen molar-refractivity contribution in [1.82, 2.24) is 5.32 Å². The first-order chi connectivity index (χ1) is 12.9. The summed E-state index contributed by atoms with van der Waals surface area (Å²) in [5.41, 5.74) is 1.02. The van der Waals surface area contributed by atoms with Crippen molar-refractivity contribution in [2.75, 3.05) is 19.1 Å². The molecule has 1 N–H and O–H groups in total. The van der Waals surface area contributed by atoms with Crippen LogP contribution in [0, 0.1) is 0 Å². The van der Waals surface area contributed by atoms with E-state index in [2.05, 4.69) is 5.32 Å². The number of carbonyl (C=O) groups is 2. The van der Waals surface area contributed by atoms with Crippen molar-refractivity contribution in [1.29, 1.82) is 0 Å². The normalized spacial score (nSPS) is 15.7. The van der Waals surface area contributed by atoms with Crippen LogP contribution in [0.2, 0.25) is 5.02 Å². The third-order valence-electron chi connectivity index (χ3n) is 3.87. The van der Waals surface area contributed by atoms with Gasteiger partial charge in [0.1, 0.15) is 17.1 Å². The second kappa shape index (κ2) is 7.77. The molecule has 1 aliphatic rings. The summed E-state index contributed by atoms with van der Waals surface area (Å²) >= 11 is 11.1. The number of nitrogens with zero attached hydrogens (tertiary/aromatic N) is 1. The van der Waals surface area contributed by atoms with Gasteiger partial charge in [0.2, 0.25) is 0 Å². The number of benzene rings is 2. The zero-order chi connectivity index (χ0) is 19.6. The maximum atomic E-state index is 13.0. The molecule has 0 bridgehead atoms. The van der Waals surface area contributed by atoms with Crippen molar-refractivity contribution in [3.8, 4) is 11.5 Å². The highest BCUT2D eigenvalue weighted by molar-refractivity contribution is 7.80. The Kier molecular flexibility index (Phi) is 5.43. The van der Waals surface area contributed by atoms with E-state index in [0.29, 0.717) is 27.8 Å². The van der Waals surface area contributed by atoms with Crippen LogP contribution in [-0.4, -0.2) is 31.1 Å². The lowest BCUT2D eigenvalue weighted by molar-refractivity contribution is -0.122. The molecule has 0 aromatic heterocycles. The number of ether oxygens (including phenoxy) is 2. The quantitative estimate of drug-likeness (QED) is 0.483. The number of hydrogen-bond acceptors (Lipinski definition) is 5. The monoisotopic (exact) mass is 402 g/mol. The summed E-state index contributed by atoms with van der Waals surface area (Å²) in [5, 5.41) is 3.07. The number of nitrogens with one attached hydrogen (secondary N) is 1. The second-order valence-electron chi connectivity index (χ2n) is 5.58. The third kappa shape index (κ3) is 3.94. The van der Waals surface area contributed by atoms with E-state index in [9.17, 15) is 9.59 Å². The molecule has 6 nitrogen and oxygen atoms in total. The fraction of sp³-hybridized carbons (Fsp3) is 0.105. The largest absolute Gasteiger partial charge is 0.497 e. The number of halogens is 1. The summed E-state index contributed by atoms with van der Waals surface area (Å²) in [6.45, 7) is 0. The Balaban J connectivity index is 2.03. The lowest BCUT2D eigenvalue weighted by Gasteiger charge is -2.29. The minimum atomic E-state index is -0.572. The van der Waals surface area contributed by atoms with Crippen molar-refractivity contribution in [2.45, 2.75) is 0 Å². The molecule has 27 heavy (non-hydrogen) atoms. The van der Waals surface area contributed by atoms with Crippen LogP contribution in [0.25, 0.3) is 6.08 Å². The second-order valence-corrected chi connectivity index (χ2v) is 6.40. The summed E-state index contributed by atoms with van der Waals surface area (Å²) in [6.07, 6.45) is 1.47. The van der Waals surface area contributed by atoms with Crippen LogP contribution in [0.3, 0.4) is 0 Å². The molecule has 0 unspecified atom stereocenters. The van der Waals surface area contributed by atoms with Gasteiger partial charge in [0.05, 0.1) is 19.9 Å². The number of carbonyl (C=O) groups excluding carboxylic acids is 2. The van der Waals surface area contributed by atoms with Crippen molar-refractivity contribution < 1.29 is 19.1 Å². The van der Waals surface area contributed by atoms with Crippen LogP contribution in [0.5, 0.6) is 11.5 Å². The molecular formula is C19H15ClN2O4S. The highest BCUT2D eigenvalue weighted by Gasteiger charge is 2.34. The van der Waals surface area contributed by atoms with Gasteiger partial charge in [-0.15, -0.1) is 0 Å². The Labute approximate surface area is 166 Å². The number of thiocarbonyl (C=S) groups is 1. The van der Waals surface area contributed by atoms with E-state index in [1.54, 1.807) is 42.5 Å². The molecule has 8 heteroatoms. The minimum absolute atomic E-state index is 0.00713. The van der Waals surface area contributed by atoms with Gasteiger partial charge < -0.3 is 9.47 Å². The fourth-order valence-corrected chi connectivity index (χ4v) is 2.97. The summed E-state index contributed by atoms with van der Waals surface area (Å²) < 4.78 is 10.4. The molecule has 0 spiro atoms. The van der Waals surface area contributed by atoms with E-state index in [1.165, 1.54) is 25.2 Å². The molecule has 0 saturated carbocycles. The highest BCUT2D eigenvalue weighted by Crippen LogP contribution is 2.27. The molecule has 2 amide bonds. The van der Waals surface area contributed by atoms with Gasteiger partial charge >= 0.3 is 0 Å². The van der Waals surface area contributed by atoms with Crippen molar-refractivity contribution in [3.05, 3.63) is 58.6 Å². The van der Waals surface area contributed by atoms with Gasteiger partial charge in [-0.25, -0.2) is 0 Å². The first kappa shape index (κ1) is 18.9. The first-order valence-corrected chi connectivity index (χ1v) is 8.61.